The number of aryl methyl sites for hydroxylation is 1. The van der Waals surface area contributed by atoms with Crippen LogP contribution in [0.3, 0.4) is 0 Å². The van der Waals surface area contributed by atoms with E-state index in [-0.39, 0.29) is 11.5 Å². The molecule has 2 aromatic heterocycles. The van der Waals surface area contributed by atoms with Crippen LogP contribution in [0, 0.1) is 34.2 Å². The van der Waals surface area contributed by atoms with Gasteiger partial charge in [0, 0.05) is 23.2 Å². The summed E-state index contributed by atoms with van der Waals surface area (Å²) in [6.45, 7) is 2.83. The molecule has 0 aliphatic carbocycles. The number of halogens is 1. The van der Waals surface area contributed by atoms with Gasteiger partial charge in [0.05, 0.1) is 40.1 Å². The Bertz CT molecular complexity index is 1460. The van der Waals surface area contributed by atoms with E-state index in [0.29, 0.717) is 30.1 Å². The molecule has 0 unspecified atom stereocenters. The molecule has 1 aliphatic heterocycles. The van der Waals surface area contributed by atoms with Crippen molar-refractivity contribution in [3.05, 3.63) is 69.8 Å². The molecule has 2 aromatic carbocycles. The van der Waals surface area contributed by atoms with E-state index in [1.54, 1.807) is 6.92 Å². The topological polar surface area (TPSA) is 119 Å². The van der Waals surface area contributed by atoms with Crippen molar-refractivity contribution >= 4 is 28.2 Å². The highest BCUT2D eigenvalue weighted by Crippen LogP contribution is 2.38. The zero-order chi connectivity index (χ0) is 22.4. The molecule has 4 aromatic rings. The van der Waals surface area contributed by atoms with Gasteiger partial charge in [0.1, 0.15) is 18.4 Å². The van der Waals surface area contributed by atoms with Crippen LogP contribution in [0.15, 0.2) is 42.7 Å². The predicted molar refractivity (Wildman–Crippen MR) is 114 cm³/mol. The molecule has 0 saturated heterocycles. The number of nitrogens with zero attached hydrogens (tertiary/aromatic N) is 5. The number of hydrogen-bond acceptors (Lipinski definition) is 7. The normalized spacial score (nSPS) is 12.3. The average Bonchev–Trinajstić information content (AvgIpc) is 3.16. The van der Waals surface area contributed by atoms with Gasteiger partial charge in [-0.3, -0.25) is 10.1 Å². The molecule has 5 rings (SSSR count). The van der Waals surface area contributed by atoms with Gasteiger partial charge in [-0.15, -0.1) is 0 Å². The third kappa shape index (κ3) is 3.07. The summed E-state index contributed by atoms with van der Waals surface area (Å²) in [7, 11) is 0. The fourth-order valence-corrected chi connectivity index (χ4v) is 3.85. The molecule has 1 N–H and O–H groups in total. The lowest BCUT2D eigenvalue weighted by atomic mass is 10.1. The number of nitro benzene ring substituents is 1. The molecule has 0 saturated carbocycles. The van der Waals surface area contributed by atoms with E-state index in [2.05, 4.69) is 25.9 Å². The van der Waals surface area contributed by atoms with E-state index in [0.717, 1.165) is 34.3 Å². The van der Waals surface area contributed by atoms with Gasteiger partial charge in [0.15, 0.2) is 0 Å². The fraction of sp³-hybridized carbons (Fsp3) is 0.136. The highest BCUT2D eigenvalue weighted by molar-refractivity contribution is 5.99. The molecule has 158 valence electrons. The van der Waals surface area contributed by atoms with E-state index in [1.807, 2.05) is 24.4 Å². The highest BCUT2D eigenvalue weighted by Gasteiger charge is 2.22. The summed E-state index contributed by atoms with van der Waals surface area (Å²) in [5.41, 5.74) is 2.47. The number of nitrogens with one attached hydrogen (secondary N) is 1. The zero-order valence-electron chi connectivity index (χ0n) is 16.8. The lowest BCUT2D eigenvalue weighted by molar-refractivity contribution is -0.387. The first-order valence-corrected chi connectivity index (χ1v) is 9.70. The van der Waals surface area contributed by atoms with Gasteiger partial charge in [-0.25, -0.2) is 9.97 Å². The zero-order valence-corrected chi connectivity index (χ0v) is 16.8. The van der Waals surface area contributed by atoms with Crippen LogP contribution in [0.1, 0.15) is 11.1 Å². The second-order valence-electron chi connectivity index (χ2n) is 7.31. The van der Waals surface area contributed by atoms with E-state index < -0.39 is 16.4 Å². The number of aromatic nitrogens is 3. The molecule has 3 heterocycles. The first kappa shape index (κ1) is 19.4. The van der Waals surface area contributed by atoms with Crippen LogP contribution >= 0.6 is 0 Å². The van der Waals surface area contributed by atoms with Crippen molar-refractivity contribution < 1.29 is 14.1 Å². The maximum Gasteiger partial charge on any atom is 0.306 e. The summed E-state index contributed by atoms with van der Waals surface area (Å²) in [6, 6.07) is 10.0. The Balaban J connectivity index is 1.63. The van der Waals surface area contributed by atoms with Crippen LogP contribution < -0.4 is 10.1 Å². The molecule has 0 amide bonds. The lowest BCUT2D eigenvalue weighted by Crippen LogP contribution is -2.12. The minimum atomic E-state index is -0.921. The van der Waals surface area contributed by atoms with Gasteiger partial charge >= 0.3 is 5.69 Å². The smallest absolute Gasteiger partial charge is 0.306 e. The summed E-state index contributed by atoms with van der Waals surface area (Å²) in [4.78, 5) is 19.0. The van der Waals surface area contributed by atoms with Gasteiger partial charge in [0.2, 0.25) is 11.8 Å². The summed E-state index contributed by atoms with van der Waals surface area (Å²) in [6.07, 6.45) is 3.32. The van der Waals surface area contributed by atoms with E-state index >= 15 is 0 Å². The molecule has 0 spiro atoms. The number of ether oxygens (including phenoxy) is 1. The van der Waals surface area contributed by atoms with E-state index in [9.17, 15) is 19.8 Å². The number of nitro groups is 1. The maximum atomic E-state index is 13.9. The number of hydrogen-bond donors (Lipinski definition) is 1. The third-order valence-electron chi connectivity index (χ3n) is 5.35. The van der Waals surface area contributed by atoms with Crippen LogP contribution in [-0.4, -0.2) is 26.1 Å². The maximum absolute atomic E-state index is 13.9. The Morgan fingerprint density at radius 3 is 3.00 bits per heavy atom. The molecule has 0 fully saturated rings. The van der Waals surface area contributed by atoms with Crippen molar-refractivity contribution in [1.82, 2.24) is 14.5 Å². The van der Waals surface area contributed by atoms with Gasteiger partial charge < -0.3 is 14.6 Å². The molecular weight excluding hydrogens is 415 g/mol. The first-order valence-electron chi connectivity index (χ1n) is 9.70. The Morgan fingerprint density at radius 1 is 1.38 bits per heavy atom. The third-order valence-corrected chi connectivity index (χ3v) is 5.35. The molecule has 0 atom stereocenters. The summed E-state index contributed by atoms with van der Waals surface area (Å²) in [5.74, 6) is -0.0258. The minimum absolute atomic E-state index is 0.131. The first-order chi connectivity index (χ1) is 15.5. The lowest BCUT2D eigenvalue weighted by Gasteiger charge is -2.16. The minimum Gasteiger partial charge on any atom is -0.490 e. The molecule has 1 aliphatic rings. The van der Waals surface area contributed by atoms with Crippen molar-refractivity contribution in [2.75, 3.05) is 11.9 Å². The molecule has 9 nitrogen and oxygen atoms in total. The average molecular weight is 430 g/mol. The molecule has 10 heteroatoms. The summed E-state index contributed by atoms with van der Waals surface area (Å²) in [5, 5.41) is 24.5. The largest absolute Gasteiger partial charge is 0.490 e. The van der Waals surface area contributed by atoms with Crippen LogP contribution in [0.2, 0.25) is 0 Å². The van der Waals surface area contributed by atoms with Gasteiger partial charge in [-0.1, -0.05) is 12.1 Å². The van der Waals surface area contributed by atoms with Crippen molar-refractivity contribution in [2.45, 2.75) is 13.5 Å². The SMILES string of the molecule is Cc1cc(F)c([N+](=O)[O-])cc1Nc1ncc(C#N)c(-c2cn3c4c(cccc24)OCC3)n1. The molecule has 0 bridgehead atoms. The second kappa shape index (κ2) is 7.31. The predicted octanol–water partition coefficient (Wildman–Crippen LogP) is 4.46. The Hall–Kier alpha value is -4.52. The van der Waals surface area contributed by atoms with Crippen LogP contribution in [0.25, 0.3) is 22.2 Å². The number of para-hydroxylation sites is 1. The molecular formula is C22H15FN6O3. The molecule has 32 heavy (non-hydrogen) atoms. The van der Waals surface area contributed by atoms with E-state index in [1.165, 1.54) is 6.20 Å². The fourth-order valence-electron chi connectivity index (χ4n) is 3.85. The summed E-state index contributed by atoms with van der Waals surface area (Å²) < 4.78 is 21.7. The van der Waals surface area contributed by atoms with Crippen LogP contribution in [0.5, 0.6) is 5.75 Å². The standard InChI is InChI=1S/C22H15FN6O3/c1-12-7-16(23)18(29(30)31)8-17(12)26-22-25-10-13(9-24)20(27-22)15-11-28-5-6-32-19-4-2-3-14(15)21(19)28/h2-4,7-8,10-11H,5-6H2,1H3,(H,25,26,27). The van der Waals surface area contributed by atoms with Crippen molar-refractivity contribution in [2.24, 2.45) is 0 Å². The number of nitriles is 1. The van der Waals surface area contributed by atoms with E-state index in [4.69, 9.17) is 4.74 Å². The Kier molecular flexibility index (Phi) is 4.44. The van der Waals surface area contributed by atoms with Crippen LogP contribution in [-0.2, 0) is 6.54 Å². The van der Waals surface area contributed by atoms with Crippen molar-refractivity contribution in [1.29, 1.82) is 5.26 Å². The molecule has 0 radical (unpaired) electrons. The van der Waals surface area contributed by atoms with Gasteiger partial charge in [0.25, 0.3) is 0 Å². The van der Waals surface area contributed by atoms with Crippen LogP contribution in [0.4, 0.5) is 21.7 Å². The van der Waals surface area contributed by atoms with Gasteiger partial charge in [-0.2, -0.15) is 9.65 Å². The van der Waals surface area contributed by atoms with Gasteiger partial charge in [-0.05, 0) is 24.6 Å². The Labute approximate surface area is 180 Å². The number of benzene rings is 2. The number of anilines is 2. The second-order valence-corrected chi connectivity index (χ2v) is 7.31. The van der Waals surface area contributed by atoms with Crippen molar-refractivity contribution in [3.8, 4) is 23.1 Å². The highest BCUT2D eigenvalue weighted by atomic mass is 19.1. The number of rotatable bonds is 4. The van der Waals surface area contributed by atoms with Crippen molar-refractivity contribution in [3.63, 3.8) is 0 Å². The quantitative estimate of drug-likeness (QED) is 0.375. The Morgan fingerprint density at radius 2 is 2.22 bits per heavy atom. The summed E-state index contributed by atoms with van der Waals surface area (Å²) >= 11 is 0. The monoisotopic (exact) mass is 430 g/mol.